The molecule has 2 heterocycles. The SMILES string of the molecule is CCNC(=NCCC(O)(c1nccn1C)C(F)(F)F)N1CCC(OCCCOC)CC1.I. The number of aliphatic hydroxyl groups is 1. The lowest BCUT2D eigenvalue weighted by molar-refractivity contribution is -0.272. The molecule has 0 aromatic carbocycles. The molecule has 0 aliphatic carbocycles. The molecule has 1 aliphatic heterocycles. The number of hydrogen-bond donors (Lipinski definition) is 2. The number of methoxy groups -OCH3 is 1. The largest absolute Gasteiger partial charge is 0.424 e. The number of halogens is 4. The van der Waals surface area contributed by atoms with E-state index in [2.05, 4.69) is 15.3 Å². The van der Waals surface area contributed by atoms with Crippen molar-refractivity contribution < 1.29 is 27.8 Å². The zero-order valence-corrected chi connectivity index (χ0v) is 21.2. The van der Waals surface area contributed by atoms with Crippen LogP contribution in [0.5, 0.6) is 0 Å². The quantitative estimate of drug-likeness (QED) is 0.193. The first kappa shape index (κ1) is 28.9. The second-order valence-electron chi connectivity index (χ2n) is 7.61. The van der Waals surface area contributed by atoms with Gasteiger partial charge in [-0.3, -0.25) is 4.99 Å². The zero-order chi connectivity index (χ0) is 22.9. The van der Waals surface area contributed by atoms with Crippen LogP contribution in [-0.2, 0) is 22.1 Å². The second-order valence-corrected chi connectivity index (χ2v) is 7.61. The highest BCUT2D eigenvalue weighted by Crippen LogP contribution is 2.40. The zero-order valence-electron chi connectivity index (χ0n) is 18.9. The molecule has 1 saturated heterocycles. The average molecular weight is 577 g/mol. The number of rotatable bonds is 10. The Hall–Kier alpha value is -1.12. The third-order valence-corrected chi connectivity index (χ3v) is 5.32. The van der Waals surface area contributed by atoms with Gasteiger partial charge in [0.25, 0.3) is 0 Å². The molecule has 1 aromatic rings. The van der Waals surface area contributed by atoms with Crippen molar-refractivity contribution in [1.29, 1.82) is 0 Å². The van der Waals surface area contributed by atoms with Gasteiger partial charge in [0.05, 0.1) is 6.10 Å². The van der Waals surface area contributed by atoms with Crippen molar-refractivity contribution in [2.24, 2.45) is 12.0 Å². The lowest BCUT2D eigenvalue weighted by Gasteiger charge is -2.34. The summed E-state index contributed by atoms with van der Waals surface area (Å²) < 4.78 is 53.1. The van der Waals surface area contributed by atoms with E-state index >= 15 is 0 Å². The summed E-state index contributed by atoms with van der Waals surface area (Å²) in [5.41, 5.74) is -3.06. The number of nitrogens with one attached hydrogen (secondary N) is 1. The molecule has 1 unspecified atom stereocenters. The number of alkyl halides is 3. The van der Waals surface area contributed by atoms with Gasteiger partial charge >= 0.3 is 6.18 Å². The minimum atomic E-state index is -4.86. The van der Waals surface area contributed by atoms with Crippen LogP contribution in [0.15, 0.2) is 17.4 Å². The Balaban J connectivity index is 0.00000512. The molecule has 1 atom stereocenters. The molecule has 0 amide bonds. The number of hydrogen-bond acceptors (Lipinski definition) is 5. The lowest BCUT2D eigenvalue weighted by Crippen LogP contribution is -2.48. The maximum absolute atomic E-state index is 13.7. The van der Waals surface area contributed by atoms with E-state index < -0.39 is 24.0 Å². The van der Waals surface area contributed by atoms with Crippen LogP contribution in [0, 0.1) is 0 Å². The Labute approximate surface area is 204 Å². The number of piperidine rings is 1. The molecule has 2 rings (SSSR count). The summed E-state index contributed by atoms with van der Waals surface area (Å²) in [4.78, 5) is 10.1. The van der Waals surface area contributed by atoms with Crippen molar-refractivity contribution in [3.63, 3.8) is 0 Å². The van der Waals surface area contributed by atoms with Gasteiger partial charge < -0.3 is 29.4 Å². The van der Waals surface area contributed by atoms with Crippen molar-refractivity contribution in [2.45, 2.75) is 50.5 Å². The minimum Gasteiger partial charge on any atom is -0.385 e. The highest BCUT2D eigenvalue weighted by Gasteiger charge is 2.57. The number of guanidine groups is 1. The van der Waals surface area contributed by atoms with Gasteiger partial charge in [0.2, 0.25) is 5.60 Å². The van der Waals surface area contributed by atoms with E-state index in [4.69, 9.17) is 9.47 Å². The second kappa shape index (κ2) is 13.6. The molecular formula is C20H35F3IN5O3. The standard InChI is InChI=1S/C20H34F3N5O3.HI/c1-4-24-18(28-11-6-16(7-12-28)31-15-5-14-30-3)26-9-8-19(29,20(21,22)23)17-25-10-13-27(17)2;/h10,13,16,29H,4-9,11-12,14-15H2,1-3H3,(H,24,26);1H. The van der Waals surface area contributed by atoms with Gasteiger partial charge in [-0.05, 0) is 26.2 Å². The Morgan fingerprint density at radius 1 is 1.31 bits per heavy atom. The van der Waals surface area contributed by atoms with Gasteiger partial charge in [-0.2, -0.15) is 13.2 Å². The Bertz CT molecular complexity index is 696. The predicted molar refractivity (Wildman–Crippen MR) is 126 cm³/mol. The highest BCUT2D eigenvalue weighted by molar-refractivity contribution is 14.0. The van der Waals surface area contributed by atoms with E-state index in [1.807, 2.05) is 11.8 Å². The van der Waals surface area contributed by atoms with Gasteiger partial charge in [-0.15, -0.1) is 24.0 Å². The molecule has 0 bridgehead atoms. The van der Waals surface area contributed by atoms with Crippen LogP contribution in [0.4, 0.5) is 13.2 Å². The van der Waals surface area contributed by atoms with Crippen LogP contribution in [0.25, 0.3) is 0 Å². The molecule has 0 spiro atoms. The molecule has 1 aromatic heterocycles. The maximum Gasteiger partial charge on any atom is 0.424 e. The minimum absolute atomic E-state index is 0. The van der Waals surface area contributed by atoms with E-state index in [1.54, 1.807) is 7.11 Å². The van der Waals surface area contributed by atoms with Crippen molar-refractivity contribution >= 4 is 29.9 Å². The van der Waals surface area contributed by atoms with Gasteiger partial charge in [0, 0.05) is 72.4 Å². The lowest BCUT2D eigenvalue weighted by atomic mass is 9.98. The number of aryl methyl sites for hydroxylation is 1. The monoisotopic (exact) mass is 577 g/mol. The summed E-state index contributed by atoms with van der Waals surface area (Å²) >= 11 is 0. The number of imidazole rings is 1. The molecule has 12 heteroatoms. The van der Waals surface area contributed by atoms with Crippen molar-refractivity contribution in [3.8, 4) is 0 Å². The number of aliphatic imine (C=N–C) groups is 1. The Morgan fingerprint density at radius 3 is 2.53 bits per heavy atom. The van der Waals surface area contributed by atoms with Gasteiger partial charge in [0.1, 0.15) is 5.82 Å². The maximum atomic E-state index is 13.7. The molecule has 1 fully saturated rings. The first-order valence-electron chi connectivity index (χ1n) is 10.6. The fourth-order valence-electron chi connectivity index (χ4n) is 3.58. The Kier molecular flexibility index (Phi) is 12.2. The smallest absolute Gasteiger partial charge is 0.385 e. The average Bonchev–Trinajstić information content (AvgIpc) is 3.16. The Morgan fingerprint density at radius 2 is 2.00 bits per heavy atom. The van der Waals surface area contributed by atoms with Crippen molar-refractivity contribution in [1.82, 2.24) is 19.8 Å². The summed E-state index contributed by atoms with van der Waals surface area (Å²) in [6, 6.07) is 0. The molecule has 32 heavy (non-hydrogen) atoms. The van der Waals surface area contributed by atoms with E-state index in [9.17, 15) is 18.3 Å². The van der Waals surface area contributed by atoms with E-state index in [0.29, 0.717) is 38.8 Å². The topological polar surface area (TPSA) is 84.1 Å². The van der Waals surface area contributed by atoms with Crippen LogP contribution < -0.4 is 5.32 Å². The van der Waals surface area contributed by atoms with Crippen molar-refractivity contribution in [3.05, 3.63) is 18.2 Å². The molecule has 0 saturated carbocycles. The predicted octanol–water partition coefficient (Wildman–Crippen LogP) is 2.66. The summed E-state index contributed by atoms with van der Waals surface area (Å²) in [5.74, 6) is 0.108. The third kappa shape index (κ3) is 7.73. The van der Waals surface area contributed by atoms with Crippen LogP contribution in [0.1, 0.15) is 38.4 Å². The highest BCUT2D eigenvalue weighted by atomic mass is 127. The van der Waals surface area contributed by atoms with Crippen LogP contribution >= 0.6 is 24.0 Å². The molecule has 8 nitrogen and oxygen atoms in total. The first-order chi connectivity index (χ1) is 14.7. The number of nitrogens with zero attached hydrogens (tertiary/aromatic N) is 4. The van der Waals surface area contributed by atoms with Crippen LogP contribution in [0.2, 0.25) is 0 Å². The summed E-state index contributed by atoms with van der Waals surface area (Å²) in [6.07, 6.45) is -0.224. The number of likely N-dealkylation sites (tertiary alicyclic amines) is 1. The van der Waals surface area contributed by atoms with E-state index in [1.165, 1.54) is 24.0 Å². The fraction of sp³-hybridized carbons (Fsp3) is 0.800. The number of aromatic nitrogens is 2. The fourth-order valence-corrected chi connectivity index (χ4v) is 3.58. The summed E-state index contributed by atoms with van der Waals surface area (Å²) in [6.45, 7) is 5.01. The van der Waals surface area contributed by atoms with Gasteiger partial charge in [-0.25, -0.2) is 4.98 Å². The molecule has 1 aliphatic rings. The molecule has 186 valence electrons. The van der Waals surface area contributed by atoms with Gasteiger partial charge in [-0.1, -0.05) is 0 Å². The van der Waals surface area contributed by atoms with Gasteiger partial charge in [0.15, 0.2) is 5.96 Å². The molecule has 2 N–H and O–H groups in total. The van der Waals surface area contributed by atoms with E-state index in [0.717, 1.165) is 19.3 Å². The number of ether oxygens (including phenoxy) is 2. The summed E-state index contributed by atoms with van der Waals surface area (Å²) in [7, 11) is 3.08. The van der Waals surface area contributed by atoms with Crippen LogP contribution in [-0.4, -0.2) is 84.3 Å². The molecule has 0 radical (unpaired) electrons. The molecular weight excluding hydrogens is 542 g/mol. The normalized spacial score (nSPS) is 17.7. The van der Waals surface area contributed by atoms with E-state index in [-0.39, 0.29) is 36.6 Å². The third-order valence-electron chi connectivity index (χ3n) is 5.32. The van der Waals surface area contributed by atoms with Crippen molar-refractivity contribution in [2.75, 3.05) is 46.5 Å². The first-order valence-corrected chi connectivity index (χ1v) is 10.6. The van der Waals surface area contributed by atoms with Crippen LogP contribution in [0.3, 0.4) is 0 Å². The summed E-state index contributed by atoms with van der Waals surface area (Å²) in [5, 5.41) is 13.6.